The van der Waals surface area contributed by atoms with Crippen molar-refractivity contribution in [1.82, 2.24) is 9.97 Å². The lowest BCUT2D eigenvalue weighted by atomic mass is 10.3. The summed E-state index contributed by atoms with van der Waals surface area (Å²) in [5, 5.41) is 3.14. The molecular weight excluding hydrogens is 232 g/mol. The summed E-state index contributed by atoms with van der Waals surface area (Å²) in [5.41, 5.74) is 6.27. The minimum absolute atomic E-state index is 0.395. The lowest BCUT2D eigenvalue weighted by Gasteiger charge is -2.10. The SMILES string of the molecule is CCCCOCCCNc1ncnc(OC)c1N. The Morgan fingerprint density at radius 3 is 2.78 bits per heavy atom. The predicted octanol–water partition coefficient (Wildman–Crippen LogP) is 1.69. The van der Waals surface area contributed by atoms with Gasteiger partial charge in [0.2, 0.25) is 5.88 Å². The second kappa shape index (κ2) is 8.52. The van der Waals surface area contributed by atoms with Gasteiger partial charge in [0.15, 0.2) is 5.82 Å². The first-order chi connectivity index (χ1) is 8.79. The average Bonchev–Trinajstić information content (AvgIpc) is 2.39. The van der Waals surface area contributed by atoms with Crippen LogP contribution in [-0.2, 0) is 4.74 Å². The molecule has 0 amide bonds. The number of unbranched alkanes of at least 4 members (excludes halogenated alkanes) is 1. The van der Waals surface area contributed by atoms with E-state index in [4.69, 9.17) is 15.2 Å². The van der Waals surface area contributed by atoms with Gasteiger partial charge in [-0.05, 0) is 12.8 Å². The van der Waals surface area contributed by atoms with Gasteiger partial charge in [-0.3, -0.25) is 0 Å². The molecule has 3 N–H and O–H groups in total. The first-order valence-corrected chi connectivity index (χ1v) is 6.25. The molecule has 0 bridgehead atoms. The Bertz CT molecular complexity index is 347. The smallest absolute Gasteiger partial charge is 0.242 e. The van der Waals surface area contributed by atoms with Crippen molar-refractivity contribution in [3.63, 3.8) is 0 Å². The normalized spacial score (nSPS) is 10.3. The molecule has 0 radical (unpaired) electrons. The maximum atomic E-state index is 5.83. The Hall–Kier alpha value is -1.56. The van der Waals surface area contributed by atoms with Crippen LogP contribution in [0.2, 0.25) is 0 Å². The first-order valence-electron chi connectivity index (χ1n) is 6.25. The maximum Gasteiger partial charge on any atom is 0.242 e. The van der Waals surface area contributed by atoms with Crippen molar-refractivity contribution < 1.29 is 9.47 Å². The Morgan fingerprint density at radius 1 is 1.28 bits per heavy atom. The number of hydrogen-bond acceptors (Lipinski definition) is 6. The first kappa shape index (κ1) is 14.5. The van der Waals surface area contributed by atoms with Crippen LogP contribution in [0.5, 0.6) is 5.88 Å². The molecule has 0 fully saturated rings. The van der Waals surface area contributed by atoms with Crippen molar-refractivity contribution in [2.45, 2.75) is 26.2 Å². The van der Waals surface area contributed by atoms with E-state index >= 15 is 0 Å². The predicted molar refractivity (Wildman–Crippen MR) is 71.8 cm³/mol. The van der Waals surface area contributed by atoms with E-state index in [2.05, 4.69) is 22.2 Å². The number of rotatable bonds is 9. The van der Waals surface area contributed by atoms with E-state index in [-0.39, 0.29) is 0 Å². The van der Waals surface area contributed by atoms with Crippen LogP contribution < -0.4 is 15.8 Å². The summed E-state index contributed by atoms with van der Waals surface area (Å²) in [6.07, 6.45) is 4.61. The van der Waals surface area contributed by atoms with Crippen molar-refractivity contribution in [2.75, 3.05) is 37.9 Å². The van der Waals surface area contributed by atoms with Gasteiger partial charge < -0.3 is 20.5 Å². The molecule has 0 unspecified atom stereocenters. The molecule has 102 valence electrons. The lowest BCUT2D eigenvalue weighted by molar-refractivity contribution is 0.131. The molecule has 0 atom stereocenters. The van der Waals surface area contributed by atoms with E-state index in [9.17, 15) is 0 Å². The highest BCUT2D eigenvalue weighted by atomic mass is 16.5. The molecule has 0 saturated carbocycles. The molecule has 1 aromatic heterocycles. The van der Waals surface area contributed by atoms with Crippen LogP contribution in [-0.4, -0.2) is 36.8 Å². The highest BCUT2D eigenvalue weighted by Crippen LogP contribution is 2.23. The summed E-state index contributed by atoms with van der Waals surface area (Å²) in [5.74, 6) is 1.00. The van der Waals surface area contributed by atoms with Gasteiger partial charge >= 0.3 is 0 Å². The molecule has 18 heavy (non-hydrogen) atoms. The second-order valence-corrected chi connectivity index (χ2v) is 3.89. The average molecular weight is 254 g/mol. The zero-order valence-electron chi connectivity index (χ0n) is 11.1. The maximum absolute atomic E-state index is 5.83. The number of aromatic nitrogens is 2. The number of nitrogens with two attached hydrogens (primary N) is 1. The topological polar surface area (TPSA) is 82.3 Å². The van der Waals surface area contributed by atoms with Crippen LogP contribution in [0.15, 0.2) is 6.33 Å². The van der Waals surface area contributed by atoms with Crippen molar-refractivity contribution in [1.29, 1.82) is 0 Å². The fourth-order valence-corrected chi connectivity index (χ4v) is 1.41. The van der Waals surface area contributed by atoms with Crippen molar-refractivity contribution in [3.05, 3.63) is 6.33 Å². The van der Waals surface area contributed by atoms with Gasteiger partial charge in [0.25, 0.3) is 0 Å². The second-order valence-electron chi connectivity index (χ2n) is 3.89. The summed E-state index contributed by atoms with van der Waals surface area (Å²) in [7, 11) is 1.53. The lowest BCUT2D eigenvalue weighted by Crippen LogP contribution is -2.10. The third kappa shape index (κ3) is 4.75. The monoisotopic (exact) mass is 254 g/mol. The minimum Gasteiger partial charge on any atom is -0.479 e. The molecule has 6 nitrogen and oxygen atoms in total. The fraction of sp³-hybridized carbons (Fsp3) is 0.667. The van der Waals surface area contributed by atoms with Gasteiger partial charge in [-0.2, -0.15) is 4.98 Å². The largest absolute Gasteiger partial charge is 0.479 e. The number of anilines is 2. The summed E-state index contributed by atoms with van der Waals surface area (Å²) in [4.78, 5) is 7.98. The van der Waals surface area contributed by atoms with E-state index in [0.29, 0.717) is 17.4 Å². The molecular formula is C12H22N4O2. The van der Waals surface area contributed by atoms with E-state index in [0.717, 1.165) is 39.0 Å². The highest BCUT2D eigenvalue weighted by molar-refractivity contribution is 5.66. The summed E-state index contributed by atoms with van der Waals surface area (Å²) in [6.45, 7) is 4.49. The molecule has 0 aliphatic rings. The Morgan fingerprint density at radius 2 is 2.06 bits per heavy atom. The van der Waals surface area contributed by atoms with Crippen LogP contribution in [0.1, 0.15) is 26.2 Å². The van der Waals surface area contributed by atoms with E-state index in [1.165, 1.54) is 13.4 Å². The third-order valence-electron chi connectivity index (χ3n) is 2.44. The molecule has 1 aromatic rings. The summed E-state index contributed by atoms with van der Waals surface area (Å²) in [6, 6.07) is 0. The molecule has 0 spiro atoms. The molecule has 6 heteroatoms. The van der Waals surface area contributed by atoms with Crippen LogP contribution in [0.3, 0.4) is 0 Å². The number of nitrogen functional groups attached to an aromatic ring is 1. The van der Waals surface area contributed by atoms with Crippen LogP contribution in [0.4, 0.5) is 11.5 Å². The van der Waals surface area contributed by atoms with Gasteiger partial charge in [0.05, 0.1) is 7.11 Å². The number of ether oxygens (including phenoxy) is 2. The van der Waals surface area contributed by atoms with Crippen LogP contribution in [0.25, 0.3) is 0 Å². The summed E-state index contributed by atoms with van der Waals surface area (Å²) < 4.78 is 10.5. The highest BCUT2D eigenvalue weighted by Gasteiger charge is 2.06. The van der Waals surface area contributed by atoms with E-state index < -0.39 is 0 Å². The van der Waals surface area contributed by atoms with Crippen molar-refractivity contribution in [2.24, 2.45) is 0 Å². The third-order valence-corrected chi connectivity index (χ3v) is 2.44. The number of nitrogens with one attached hydrogen (secondary N) is 1. The molecule has 0 aromatic carbocycles. The van der Waals surface area contributed by atoms with Crippen LogP contribution in [0, 0.1) is 0 Å². The quantitative estimate of drug-likeness (QED) is 0.652. The van der Waals surface area contributed by atoms with Crippen molar-refractivity contribution >= 4 is 11.5 Å². The van der Waals surface area contributed by atoms with E-state index in [1.807, 2.05) is 0 Å². The number of nitrogens with zero attached hydrogens (tertiary/aromatic N) is 2. The van der Waals surface area contributed by atoms with Gasteiger partial charge in [0, 0.05) is 19.8 Å². The van der Waals surface area contributed by atoms with Gasteiger partial charge in [0.1, 0.15) is 12.0 Å². The Balaban J connectivity index is 2.23. The van der Waals surface area contributed by atoms with Gasteiger partial charge in [-0.15, -0.1) is 0 Å². The molecule has 0 aliphatic carbocycles. The van der Waals surface area contributed by atoms with Gasteiger partial charge in [-0.25, -0.2) is 4.98 Å². The van der Waals surface area contributed by atoms with Gasteiger partial charge in [-0.1, -0.05) is 13.3 Å². The van der Waals surface area contributed by atoms with Crippen molar-refractivity contribution in [3.8, 4) is 5.88 Å². The van der Waals surface area contributed by atoms with E-state index in [1.54, 1.807) is 0 Å². The molecule has 0 saturated heterocycles. The summed E-state index contributed by atoms with van der Waals surface area (Å²) >= 11 is 0. The Kier molecular flexibility index (Phi) is 6.86. The van der Waals surface area contributed by atoms with Crippen LogP contribution >= 0.6 is 0 Å². The zero-order chi connectivity index (χ0) is 13.2. The number of methoxy groups -OCH3 is 1. The fourth-order valence-electron chi connectivity index (χ4n) is 1.41. The molecule has 1 heterocycles. The molecule has 0 aliphatic heterocycles. The standard InChI is InChI=1S/C12H22N4O2/c1-3-4-7-18-8-5-6-14-11-10(13)12(17-2)16-9-15-11/h9H,3-8,13H2,1-2H3,(H,14,15,16). The molecule has 1 rings (SSSR count). The minimum atomic E-state index is 0.395. The number of hydrogen-bond donors (Lipinski definition) is 2. The Labute approximate surface area is 108 Å². The zero-order valence-corrected chi connectivity index (χ0v) is 11.1.